The van der Waals surface area contributed by atoms with Crippen LogP contribution in [0.25, 0.3) is 0 Å². The minimum absolute atomic E-state index is 0.0618. The molecule has 20 heavy (non-hydrogen) atoms. The maximum absolute atomic E-state index is 12.2. The zero-order chi connectivity index (χ0) is 15.4. The Morgan fingerprint density at radius 2 is 1.80 bits per heavy atom. The van der Waals surface area contributed by atoms with E-state index in [0.717, 1.165) is 17.7 Å². The predicted octanol–water partition coefficient (Wildman–Crippen LogP) is -0.0774. The van der Waals surface area contributed by atoms with Gasteiger partial charge >= 0.3 is 5.70 Å². The van der Waals surface area contributed by atoms with E-state index in [2.05, 4.69) is 0 Å². The van der Waals surface area contributed by atoms with E-state index in [1.807, 2.05) is 13.8 Å². The monoisotopic (exact) mass is 284 g/mol. The summed E-state index contributed by atoms with van der Waals surface area (Å²) in [5.41, 5.74) is 5.07. The first-order valence-corrected chi connectivity index (χ1v) is 6.57. The lowest BCUT2D eigenvalue weighted by Gasteiger charge is -2.32. The number of likely N-dealkylation sites (N-methyl/N-ethyl adjacent to an activating group) is 1. The number of rotatable bonds is 6. The minimum atomic E-state index is -1.40. The van der Waals surface area contributed by atoms with Crippen molar-refractivity contribution in [2.24, 2.45) is 5.73 Å². The van der Waals surface area contributed by atoms with Crippen molar-refractivity contribution in [3.05, 3.63) is 21.5 Å². The molecular formula is C12H20N4O4. The third-order valence-electron chi connectivity index (χ3n) is 3.14. The Labute approximate surface area is 117 Å². The van der Waals surface area contributed by atoms with Gasteiger partial charge in [-0.05, 0) is 12.8 Å². The summed E-state index contributed by atoms with van der Waals surface area (Å²) >= 11 is 0. The zero-order valence-electron chi connectivity index (χ0n) is 12.0. The molecule has 1 aliphatic rings. The molecule has 0 spiro atoms. The van der Waals surface area contributed by atoms with E-state index >= 15 is 0 Å². The highest BCUT2D eigenvalue weighted by Gasteiger charge is 2.45. The quantitative estimate of drug-likeness (QED) is 0.415. The van der Waals surface area contributed by atoms with E-state index < -0.39 is 28.5 Å². The molecule has 0 fully saturated rings. The smallest absolute Gasteiger partial charge is 0.301 e. The summed E-state index contributed by atoms with van der Waals surface area (Å²) < 4.78 is 0. The van der Waals surface area contributed by atoms with E-state index in [4.69, 9.17) is 5.73 Å². The highest BCUT2D eigenvalue weighted by atomic mass is 16.6. The Bertz CT molecular complexity index is 454. The van der Waals surface area contributed by atoms with Crippen molar-refractivity contribution in [1.82, 2.24) is 9.80 Å². The fourth-order valence-corrected chi connectivity index (χ4v) is 2.21. The molecule has 0 aromatic rings. The van der Waals surface area contributed by atoms with Gasteiger partial charge in [-0.3, -0.25) is 24.6 Å². The van der Waals surface area contributed by atoms with Gasteiger partial charge in [0.25, 0.3) is 11.8 Å². The largest absolute Gasteiger partial charge is 0.362 e. The molecule has 1 atom stereocenters. The molecule has 2 N–H and O–H groups in total. The first kappa shape index (κ1) is 16.1. The number of imide groups is 1. The molecule has 112 valence electrons. The first-order valence-electron chi connectivity index (χ1n) is 6.57. The summed E-state index contributed by atoms with van der Waals surface area (Å²) in [6.45, 7) is 4.83. The zero-order valence-corrected chi connectivity index (χ0v) is 12.0. The van der Waals surface area contributed by atoms with Crippen LogP contribution in [0.4, 0.5) is 0 Å². The molecule has 1 aliphatic heterocycles. The van der Waals surface area contributed by atoms with E-state index in [1.165, 1.54) is 7.05 Å². The molecule has 1 rings (SSSR count). The molecule has 0 aromatic carbocycles. The molecule has 8 heteroatoms. The molecule has 1 unspecified atom stereocenters. The Hall–Kier alpha value is -1.96. The first-order chi connectivity index (χ1) is 9.36. The molecule has 0 aromatic heterocycles. The third kappa shape index (κ3) is 2.79. The minimum Gasteiger partial charge on any atom is -0.362 e. The van der Waals surface area contributed by atoms with Crippen molar-refractivity contribution >= 4 is 11.8 Å². The summed E-state index contributed by atoms with van der Waals surface area (Å²) in [6.07, 6.45) is 1.46. The molecule has 8 nitrogen and oxygen atoms in total. The van der Waals surface area contributed by atoms with E-state index in [9.17, 15) is 19.7 Å². The molecule has 0 saturated heterocycles. The molecule has 0 radical (unpaired) electrons. The lowest BCUT2D eigenvalue weighted by Crippen LogP contribution is -2.55. The normalized spacial score (nSPS) is 19.6. The van der Waals surface area contributed by atoms with Gasteiger partial charge in [0.2, 0.25) is 0 Å². The summed E-state index contributed by atoms with van der Waals surface area (Å²) in [5, 5.41) is 11.2. The number of carbonyl (C=O) groups is 2. The van der Waals surface area contributed by atoms with Crippen molar-refractivity contribution in [3.63, 3.8) is 0 Å². The molecule has 2 amide bonds. The summed E-state index contributed by atoms with van der Waals surface area (Å²) in [5.74, 6) is -1.41. The van der Waals surface area contributed by atoms with Gasteiger partial charge in [0.15, 0.2) is 11.7 Å². The number of nitrogens with zero attached hydrogens (tertiary/aromatic N) is 3. The standard InChI is InChI=1S/C12H20N4O4/c1-4-6-15(7-5-2)10-9(16(19)20)8(13)11(17)14(3)12(10)18/h8H,4-7,13H2,1-3H3. The second-order valence-electron chi connectivity index (χ2n) is 4.66. The van der Waals surface area contributed by atoms with Gasteiger partial charge in [-0.2, -0.15) is 0 Å². The van der Waals surface area contributed by atoms with Gasteiger partial charge in [0.1, 0.15) is 0 Å². The lowest BCUT2D eigenvalue weighted by molar-refractivity contribution is -0.430. The SMILES string of the molecule is CCCN(CCC)C1=C([N+](=O)[O-])C(N)C(=O)N(C)C1=O. The van der Waals surface area contributed by atoms with Crippen LogP contribution in [0.1, 0.15) is 26.7 Å². The molecule has 1 heterocycles. The number of carbonyl (C=O) groups excluding carboxylic acids is 2. The highest BCUT2D eigenvalue weighted by Crippen LogP contribution is 2.23. The van der Waals surface area contributed by atoms with E-state index in [1.54, 1.807) is 4.90 Å². The van der Waals surface area contributed by atoms with Gasteiger partial charge in [-0.25, -0.2) is 0 Å². The number of hydrogen-bond donors (Lipinski definition) is 1. The fraction of sp³-hybridized carbons (Fsp3) is 0.667. The van der Waals surface area contributed by atoms with Gasteiger partial charge in [-0.15, -0.1) is 0 Å². The Kier molecular flexibility index (Phi) is 5.20. The van der Waals surface area contributed by atoms with Crippen molar-refractivity contribution in [3.8, 4) is 0 Å². The molecular weight excluding hydrogens is 264 g/mol. The maximum Gasteiger partial charge on any atom is 0.301 e. The Balaban J connectivity index is 3.40. The van der Waals surface area contributed by atoms with Crippen molar-refractivity contribution in [2.75, 3.05) is 20.1 Å². The molecule has 0 saturated carbocycles. The maximum atomic E-state index is 12.2. The number of hydrogen-bond acceptors (Lipinski definition) is 6. The van der Waals surface area contributed by atoms with Crippen LogP contribution < -0.4 is 5.73 Å². The van der Waals surface area contributed by atoms with Crippen LogP contribution in [0.5, 0.6) is 0 Å². The van der Waals surface area contributed by atoms with Gasteiger partial charge < -0.3 is 10.6 Å². The van der Waals surface area contributed by atoms with Gasteiger partial charge in [0.05, 0.1) is 4.92 Å². The molecule has 0 bridgehead atoms. The number of nitro groups is 1. The van der Waals surface area contributed by atoms with Crippen molar-refractivity contribution in [1.29, 1.82) is 0 Å². The topological polar surface area (TPSA) is 110 Å². The van der Waals surface area contributed by atoms with Crippen LogP contribution in [0, 0.1) is 10.1 Å². The van der Waals surface area contributed by atoms with Crippen LogP contribution >= 0.6 is 0 Å². The van der Waals surface area contributed by atoms with Crippen LogP contribution in [0.3, 0.4) is 0 Å². The molecule has 0 aliphatic carbocycles. The summed E-state index contributed by atoms with van der Waals surface area (Å²) in [4.78, 5) is 37.0. The van der Waals surface area contributed by atoms with Crippen LogP contribution in [-0.4, -0.2) is 52.7 Å². The van der Waals surface area contributed by atoms with Gasteiger partial charge in [-0.1, -0.05) is 13.8 Å². The average Bonchev–Trinajstić information content (AvgIpc) is 2.39. The van der Waals surface area contributed by atoms with Crippen LogP contribution in [0.15, 0.2) is 11.4 Å². The van der Waals surface area contributed by atoms with Crippen molar-refractivity contribution in [2.45, 2.75) is 32.7 Å². The van der Waals surface area contributed by atoms with Crippen LogP contribution in [0.2, 0.25) is 0 Å². The number of nitrogens with two attached hydrogens (primary N) is 1. The van der Waals surface area contributed by atoms with E-state index in [-0.39, 0.29) is 5.70 Å². The third-order valence-corrected chi connectivity index (χ3v) is 3.14. The lowest BCUT2D eigenvalue weighted by atomic mass is 10.0. The second kappa shape index (κ2) is 6.47. The summed E-state index contributed by atoms with van der Waals surface area (Å²) in [6, 6.07) is -1.40. The highest BCUT2D eigenvalue weighted by molar-refractivity contribution is 6.09. The average molecular weight is 284 g/mol. The number of amides is 2. The van der Waals surface area contributed by atoms with E-state index in [0.29, 0.717) is 13.1 Å². The van der Waals surface area contributed by atoms with Gasteiger partial charge in [0, 0.05) is 20.1 Å². The van der Waals surface area contributed by atoms with Crippen molar-refractivity contribution < 1.29 is 14.5 Å². The van der Waals surface area contributed by atoms with Crippen LogP contribution in [-0.2, 0) is 9.59 Å². The Morgan fingerprint density at radius 1 is 1.30 bits per heavy atom. The predicted molar refractivity (Wildman–Crippen MR) is 71.9 cm³/mol. The Morgan fingerprint density at radius 3 is 2.20 bits per heavy atom. The fourth-order valence-electron chi connectivity index (χ4n) is 2.21. The summed E-state index contributed by atoms with van der Waals surface area (Å²) in [7, 11) is 1.29. The second-order valence-corrected chi connectivity index (χ2v) is 4.66.